The molecule has 1 N–H and O–H groups in total. The number of rotatable bonds is 2. The Kier molecular flexibility index (Phi) is 2.83. The van der Waals surface area contributed by atoms with E-state index in [-0.39, 0.29) is 6.10 Å². The van der Waals surface area contributed by atoms with Gasteiger partial charge in [0.15, 0.2) is 5.65 Å². The number of β-amino-alcohol motifs (C(OH)–C–C–N with tert-alkyl or cyclic N) is 1. The number of aliphatic hydroxyl groups excluding tert-OH is 1. The molecule has 3 heterocycles. The van der Waals surface area contributed by atoms with Gasteiger partial charge in [-0.2, -0.15) is 9.61 Å². The van der Waals surface area contributed by atoms with Crippen molar-refractivity contribution in [2.24, 2.45) is 0 Å². The number of hydrogen-bond acceptors (Lipinski definition) is 4. The SMILES string of the molecule is OC1CN(c2cc(Cl)nc3cc(-c4ccccc4)nn23)C1. The van der Waals surface area contributed by atoms with E-state index in [0.717, 1.165) is 17.1 Å². The zero-order valence-electron chi connectivity index (χ0n) is 11.1. The summed E-state index contributed by atoms with van der Waals surface area (Å²) in [4.78, 5) is 6.35. The van der Waals surface area contributed by atoms with Gasteiger partial charge in [0.1, 0.15) is 11.0 Å². The molecule has 0 aliphatic carbocycles. The third kappa shape index (κ3) is 2.14. The van der Waals surface area contributed by atoms with Gasteiger partial charge in [0.25, 0.3) is 0 Å². The number of aliphatic hydroxyl groups is 1. The molecule has 4 rings (SSSR count). The average molecular weight is 301 g/mol. The lowest BCUT2D eigenvalue weighted by molar-refractivity contribution is 0.141. The summed E-state index contributed by atoms with van der Waals surface area (Å²) in [6, 6.07) is 13.6. The Labute approximate surface area is 126 Å². The van der Waals surface area contributed by atoms with E-state index in [4.69, 9.17) is 11.6 Å². The van der Waals surface area contributed by atoms with E-state index in [9.17, 15) is 5.11 Å². The summed E-state index contributed by atoms with van der Waals surface area (Å²) in [6.07, 6.45) is -0.281. The van der Waals surface area contributed by atoms with Crippen molar-refractivity contribution in [1.29, 1.82) is 0 Å². The zero-order valence-corrected chi connectivity index (χ0v) is 11.9. The molecule has 1 fully saturated rings. The molecule has 0 bridgehead atoms. The molecule has 1 aliphatic rings. The van der Waals surface area contributed by atoms with Crippen molar-refractivity contribution in [2.45, 2.75) is 6.10 Å². The summed E-state index contributed by atoms with van der Waals surface area (Å²) < 4.78 is 1.78. The second-order valence-electron chi connectivity index (χ2n) is 5.16. The summed E-state index contributed by atoms with van der Waals surface area (Å²) in [6.45, 7) is 1.19. The third-order valence-corrected chi connectivity index (χ3v) is 3.83. The van der Waals surface area contributed by atoms with E-state index in [1.54, 1.807) is 10.6 Å². The second kappa shape index (κ2) is 4.72. The van der Waals surface area contributed by atoms with Crippen molar-refractivity contribution >= 4 is 23.1 Å². The Morgan fingerprint density at radius 3 is 2.62 bits per heavy atom. The van der Waals surface area contributed by atoms with Gasteiger partial charge in [0.05, 0.1) is 11.8 Å². The molecule has 0 atom stereocenters. The maximum absolute atomic E-state index is 9.48. The number of fused-ring (bicyclic) bond motifs is 1. The van der Waals surface area contributed by atoms with E-state index >= 15 is 0 Å². The van der Waals surface area contributed by atoms with Gasteiger partial charge in [-0.3, -0.25) is 0 Å². The number of aromatic nitrogens is 3. The summed E-state index contributed by atoms with van der Waals surface area (Å²) >= 11 is 6.10. The first-order valence-electron chi connectivity index (χ1n) is 6.75. The topological polar surface area (TPSA) is 53.7 Å². The Hall–Kier alpha value is -2.11. The summed E-state index contributed by atoms with van der Waals surface area (Å²) in [5.41, 5.74) is 2.60. The van der Waals surface area contributed by atoms with Gasteiger partial charge in [0, 0.05) is 30.8 Å². The number of halogens is 1. The summed E-state index contributed by atoms with van der Waals surface area (Å²) in [5, 5.41) is 14.5. The van der Waals surface area contributed by atoms with Crippen LogP contribution in [0.1, 0.15) is 0 Å². The minimum absolute atomic E-state index is 0.281. The zero-order chi connectivity index (χ0) is 14.4. The van der Waals surface area contributed by atoms with Gasteiger partial charge < -0.3 is 10.0 Å². The van der Waals surface area contributed by atoms with Gasteiger partial charge in [-0.1, -0.05) is 41.9 Å². The number of benzene rings is 1. The predicted molar refractivity (Wildman–Crippen MR) is 81.7 cm³/mol. The molecule has 6 heteroatoms. The molecule has 1 saturated heterocycles. The molecule has 1 aliphatic heterocycles. The number of hydrogen-bond donors (Lipinski definition) is 1. The van der Waals surface area contributed by atoms with Gasteiger partial charge in [-0.05, 0) is 0 Å². The van der Waals surface area contributed by atoms with Crippen molar-refractivity contribution in [2.75, 3.05) is 18.0 Å². The van der Waals surface area contributed by atoms with Gasteiger partial charge in [0.2, 0.25) is 0 Å². The van der Waals surface area contributed by atoms with Crippen LogP contribution in [-0.2, 0) is 0 Å². The van der Waals surface area contributed by atoms with Crippen LogP contribution in [-0.4, -0.2) is 38.9 Å². The average Bonchev–Trinajstić information content (AvgIpc) is 2.88. The predicted octanol–water partition coefficient (Wildman–Crippen LogP) is 2.23. The number of nitrogens with zero attached hydrogens (tertiary/aromatic N) is 4. The fraction of sp³-hybridized carbons (Fsp3) is 0.200. The first-order valence-corrected chi connectivity index (χ1v) is 7.13. The monoisotopic (exact) mass is 300 g/mol. The largest absolute Gasteiger partial charge is 0.389 e. The molecule has 21 heavy (non-hydrogen) atoms. The van der Waals surface area contributed by atoms with Crippen molar-refractivity contribution < 1.29 is 5.11 Å². The number of anilines is 1. The van der Waals surface area contributed by atoms with Gasteiger partial charge in [-0.15, -0.1) is 0 Å². The van der Waals surface area contributed by atoms with Crippen molar-refractivity contribution in [3.8, 4) is 11.3 Å². The third-order valence-electron chi connectivity index (χ3n) is 3.63. The molecule has 0 saturated carbocycles. The molecule has 0 amide bonds. The van der Waals surface area contributed by atoms with E-state index in [0.29, 0.717) is 23.9 Å². The van der Waals surface area contributed by atoms with E-state index in [1.807, 2.05) is 41.3 Å². The maximum Gasteiger partial charge on any atom is 0.159 e. The lowest BCUT2D eigenvalue weighted by Gasteiger charge is -2.37. The smallest absolute Gasteiger partial charge is 0.159 e. The van der Waals surface area contributed by atoms with Crippen molar-refractivity contribution in [3.63, 3.8) is 0 Å². The van der Waals surface area contributed by atoms with Crippen LogP contribution >= 0.6 is 11.6 Å². The highest BCUT2D eigenvalue weighted by molar-refractivity contribution is 6.29. The maximum atomic E-state index is 9.48. The Morgan fingerprint density at radius 2 is 1.90 bits per heavy atom. The highest BCUT2D eigenvalue weighted by Crippen LogP contribution is 2.27. The highest BCUT2D eigenvalue weighted by Gasteiger charge is 2.27. The molecular weight excluding hydrogens is 288 g/mol. The molecular formula is C15H13ClN4O. The lowest BCUT2D eigenvalue weighted by atomic mass is 10.2. The molecule has 3 aromatic rings. The summed E-state index contributed by atoms with van der Waals surface area (Å²) in [7, 11) is 0. The van der Waals surface area contributed by atoms with Crippen LogP contribution in [0, 0.1) is 0 Å². The van der Waals surface area contributed by atoms with Crippen LogP contribution in [0.2, 0.25) is 5.15 Å². The quantitative estimate of drug-likeness (QED) is 0.738. The molecule has 1 aromatic carbocycles. The first-order chi connectivity index (χ1) is 10.2. The van der Waals surface area contributed by atoms with E-state index in [1.165, 1.54) is 0 Å². The molecule has 0 unspecified atom stereocenters. The van der Waals surface area contributed by atoms with Crippen LogP contribution < -0.4 is 4.90 Å². The van der Waals surface area contributed by atoms with Crippen LogP contribution in [0.25, 0.3) is 16.9 Å². The fourth-order valence-corrected chi connectivity index (χ4v) is 2.73. The van der Waals surface area contributed by atoms with Crippen LogP contribution in [0.15, 0.2) is 42.5 Å². The molecule has 5 nitrogen and oxygen atoms in total. The van der Waals surface area contributed by atoms with E-state index < -0.39 is 0 Å². The van der Waals surface area contributed by atoms with Crippen LogP contribution in [0.3, 0.4) is 0 Å². The van der Waals surface area contributed by atoms with Gasteiger partial charge in [-0.25, -0.2) is 4.98 Å². The molecule has 0 spiro atoms. The Bertz CT molecular complexity index is 796. The highest BCUT2D eigenvalue weighted by atomic mass is 35.5. The molecule has 106 valence electrons. The fourth-order valence-electron chi connectivity index (χ4n) is 2.55. The van der Waals surface area contributed by atoms with Crippen LogP contribution in [0.4, 0.5) is 5.82 Å². The molecule has 2 aromatic heterocycles. The van der Waals surface area contributed by atoms with Crippen LogP contribution in [0.5, 0.6) is 0 Å². The summed E-state index contributed by atoms with van der Waals surface area (Å²) in [5.74, 6) is 0.859. The normalized spacial score (nSPS) is 15.4. The molecule has 0 radical (unpaired) electrons. The minimum atomic E-state index is -0.281. The second-order valence-corrected chi connectivity index (χ2v) is 5.55. The first kappa shape index (κ1) is 12.6. The van der Waals surface area contributed by atoms with Crippen molar-refractivity contribution in [3.05, 3.63) is 47.6 Å². The van der Waals surface area contributed by atoms with E-state index in [2.05, 4.69) is 10.1 Å². The Morgan fingerprint density at radius 1 is 1.14 bits per heavy atom. The van der Waals surface area contributed by atoms with Crippen molar-refractivity contribution in [1.82, 2.24) is 14.6 Å². The lowest BCUT2D eigenvalue weighted by Crippen LogP contribution is -2.51. The minimum Gasteiger partial charge on any atom is -0.389 e. The standard InChI is InChI=1S/C15H13ClN4O/c16-13-7-15(19-8-11(21)9-19)20-14(17-13)6-12(18-20)10-4-2-1-3-5-10/h1-7,11,21H,8-9H2. The Balaban J connectivity index is 1.85. The van der Waals surface area contributed by atoms with Gasteiger partial charge >= 0.3 is 0 Å².